The molecule has 4 heteroatoms. The van der Waals surface area contributed by atoms with E-state index >= 15 is 0 Å². The zero-order chi connectivity index (χ0) is 10.7. The van der Waals surface area contributed by atoms with Crippen LogP contribution in [0.15, 0.2) is 24.3 Å². The summed E-state index contributed by atoms with van der Waals surface area (Å²) in [6.07, 6.45) is -1.50. The highest BCUT2D eigenvalue weighted by Crippen LogP contribution is 2.17. The number of hydrogen-bond acceptors (Lipinski definition) is 2. The quantitative estimate of drug-likeness (QED) is 0.730. The number of alkyl halides is 1. The Morgan fingerprint density at radius 1 is 1.57 bits per heavy atom. The fourth-order valence-electron chi connectivity index (χ4n) is 1.13. The zero-order valence-electron chi connectivity index (χ0n) is 8.20. The van der Waals surface area contributed by atoms with E-state index < -0.39 is 12.1 Å². The van der Waals surface area contributed by atoms with Crippen LogP contribution in [0.4, 0.5) is 15.8 Å². The van der Waals surface area contributed by atoms with Crippen molar-refractivity contribution in [1.29, 1.82) is 0 Å². The molecular weight excluding hydrogens is 183 g/mol. The average Bonchev–Trinajstić information content (AvgIpc) is 2.15. The number of hydrogen-bond donors (Lipinski definition) is 1. The Morgan fingerprint density at radius 2 is 2.21 bits per heavy atom. The van der Waals surface area contributed by atoms with Gasteiger partial charge >= 0.3 is 0 Å². The van der Waals surface area contributed by atoms with Gasteiger partial charge in [0.1, 0.15) is 0 Å². The zero-order valence-corrected chi connectivity index (χ0v) is 8.20. The van der Waals surface area contributed by atoms with Gasteiger partial charge in [-0.3, -0.25) is 4.79 Å². The van der Waals surface area contributed by atoms with Crippen molar-refractivity contribution in [3.05, 3.63) is 24.3 Å². The predicted molar refractivity (Wildman–Crippen MR) is 54.8 cm³/mol. The van der Waals surface area contributed by atoms with Crippen molar-refractivity contribution in [1.82, 2.24) is 0 Å². The predicted octanol–water partition coefficient (Wildman–Crippen LogP) is 1.59. The van der Waals surface area contributed by atoms with Gasteiger partial charge in [-0.2, -0.15) is 0 Å². The Labute approximate surface area is 82.3 Å². The van der Waals surface area contributed by atoms with Crippen molar-refractivity contribution >= 4 is 17.3 Å². The minimum atomic E-state index is -1.50. The number of nitrogens with two attached hydrogens (primary N) is 1. The van der Waals surface area contributed by atoms with Crippen LogP contribution in [0.25, 0.3) is 0 Å². The van der Waals surface area contributed by atoms with E-state index in [9.17, 15) is 9.18 Å². The van der Waals surface area contributed by atoms with E-state index in [-0.39, 0.29) is 0 Å². The number of amides is 1. The third-order valence-electron chi connectivity index (χ3n) is 1.93. The van der Waals surface area contributed by atoms with Gasteiger partial charge in [-0.25, -0.2) is 4.39 Å². The first-order chi connectivity index (χ1) is 6.52. The second-order valence-corrected chi connectivity index (χ2v) is 3.11. The van der Waals surface area contributed by atoms with Crippen LogP contribution in [0.3, 0.4) is 0 Å². The van der Waals surface area contributed by atoms with E-state index in [1.807, 2.05) is 0 Å². The molecule has 0 aliphatic rings. The maximum Gasteiger partial charge on any atom is 0.260 e. The molecule has 0 radical (unpaired) electrons. The molecule has 1 amide bonds. The third-order valence-corrected chi connectivity index (χ3v) is 1.93. The highest BCUT2D eigenvalue weighted by atomic mass is 19.1. The van der Waals surface area contributed by atoms with Crippen LogP contribution < -0.4 is 10.6 Å². The number of carbonyl (C=O) groups is 1. The highest BCUT2D eigenvalue weighted by molar-refractivity contribution is 5.96. The van der Waals surface area contributed by atoms with Crippen molar-refractivity contribution in [3.63, 3.8) is 0 Å². The van der Waals surface area contributed by atoms with Crippen LogP contribution in [0.1, 0.15) is 6.92 Å². The number of nitrogen functional groups attached to an aromatic ring is 1. The first kappa shape index (κ1) is 10.5. The van der Waals surface area contributed by atoms with E-state index in [4.69, 9.17) is 5.73 Å². The average molecular weight is 196 g/mol. The first-order valence-electron chi connectivity index (χ1n) is 4.29. The molecule has 0 bridgehead atoms. The SMILES string of the molecule is CC(F)C(=O)N(C)c1cccc(N)c1. The second kappa shape index (κ2) is 4.09. The standard InChI is InChI=1S/C10H13FN2O/c1-7(11)10(14)13(2)9-5-3-4-8(12)6-9/h3-7H,12H2,1-2H3. The molecule has 0 aromatic heterocycles. The van der Waals surface area contributed by atoms with Gasteiger partial charge in [0, 0.05) is 18.4 Å². The Bertz CT molecular complexity index is 339. The van der Waals surface area contributed by atoms with E-state index in [0.717, 1.165) is 0 Å². The van der Waals surface area contributed by atoms with Crippen LogP contribution in [-0.4, -0.2) is 19.1 Å². The molecule has 0 heterocycles. The topological polar surface area (TPSA) is 46.3 Å². The van der Waals surface area contributed by atoms with Gasteiger partial charge in [-0.15, -0.1) is 0 Å². The lowest BCUT2D eigenvalue weighted by Gasteiger charge is -2.18. The molecule has 0 spiro atoms. The Hall–Kier alpha value is -1.58. The van der Waals surface area contributed by atoms with Gasteiger partial charge in [0.05, 0.1) is 0 Å². The molecule has 1 rings (SSSR count). The summed E-state index contributed by atoms with van der Waals surface area (Å²) >= 11 is 0. The number of carbonyl (C=O) groups excluding carboxylic acids is 1. The Kier molecular flexibility index (Phi) is 3.06. The summed E-state index contributed by atoms with van der Waals surface area (Å²) in [5.74, 6) is -0.574. The van der Waals surface area contributed by atoms with Gasteiger partial charge in [-0.05, 0) is 25.1 Å². The van der Waals surface area contributed by atoms with E-state index in [1.54, 1.807) is 24.3 Å². The van der Waals surface area contributed by atoms with Gasteiger partial charge in [0.15, 0.2) is 6.17 Å². The summed E-state index contributed by atoms with van der Waals surface area (Å²) in [7, 11) is 1.52. The lowest BCUT2D eigenvalue weighted by atomic mass is 10.2. The maximum absolute atomic E-state index is 12.7. The maximum atomic E-state index is 12.7. The number of benzene rings is 1. The van der Waals surface area contributed by atoms with Gasteiger partial charge in [-0.1, -0.05) is 6.07 Å². The minimum absolute atomic E-state index is 0.550. The van der Waals surface area contributed by atoms with Crippen molar-refractivity contribution in [2.75, 3.05) is 17.7 Å². The Balaban J connectivity index is 2.89. The molecule has 1 unspecified atom stereocenters. The molecule has 0 aliphatic heterocycles. The largest absolute Gasteiger partial charge is 0.399 e. The van der Waals surface area contributed by atoms with Gasteiger partial charge in [0.25, 0.3) is 5.91 Å². The molecule has 76 valence electrons. The van der Waals surface area contributed by atoms with Crippen LogP contribution in [0.2, 0.25) is 0 Å². The number of nitrogens with zero attached hydrogens (tertiary/aromatic N) is 1. The molecule has 14 heavy (non-hydrogen) atoms. The third kappa shape index (κ3) is 2.22. The Morgan fingerprint density at radius 3 is 2.71 bits per heavy atom. The van der Waals surface area contributed by atoms with Gasteiger partial charge in [0.2, 0.25) is 0 Å². The molecule has 1 aromatic rings. The molecule has 0 saturated carbocycles. The molecule has 0 fully saturated rings. The van der Waals surface area contributed by atoms with Crippen LogP contribution >= 0.6 is 0 Å². The lowest BCUT2D eigenvalue weighted by molar-refractivity contribution is -0.122. The second-order valence-electron chi connectivity index (χ2n) is 3.11. The summed E-state index contributed by atoms with van der Waals surface area (Å²) in [4.78, 5) is 12.5. The number of rotatable bonds is 2. The van der Waals surface area contributed by atoms with Crippen LogP contribution in [0, 0.1) is 0 Å². The van der Waals surface area contributed by atoms with E-state index in [2.05, 4.69) is 0 Å². The highest BCUT2D eigenvalue weighted by Gasteiger charge is 2.17. The fraction of sp³-hybridized carbons (Fsp3) is 0.300. The van der Waals surface area contributed by atoms with Crippen molar-refractivity contribution in [2.45, 2.75) is 13.1 Å². The molecule has 1 aromatic carbocycles. The smallest absolute Gasteiger partial charge is 0.260 e. The molecular formula is C10H13FN2O. The molecule has 2 N–H and O–H groups in total. The fourth-order valence-corrected chi connectivity index (χ4v) is 1.13. The number of anilines is 2. The van der Waals surface area contributed by atoms with Crippen LogP contribution in [0.5, 0.6) is 0 Å². The summed E-state index contributed by atoms with van der Waals surface area (Å²) < 4.78 is 12.7. The first-order valence-corrected chi connectivity index (χ1v) is 4.29. The molecule has 3 nitrogen and oxygen atoms in total. The van der Waals surface area contributed by atoms with Gasteiger partial charge < -0.3 is 10.6 Å². The van der Waals surface area contributed by atoms with E-state index in [0.29, 0.717) is 11.4 Å². The number of halogens is 1. The molecule has 1 atom stereocenters. The van der Waals surface area contributed by atoms with Crippen molar-refractivity contribution < 1.29 is 9.18 Å². The normalized spacial score (nSPS) is 12.2. The summed E-state index contributed by atoms with van der Waals surface area (Å²) in [5.41, 5.74) is 6.69. The van der Waals surface area contributed by atoms with Crippen molar-refractivity contribution in [3.8, 4) is 0 Å². The molecule has 0 saturated heterocycles. The summed E-state index contributed by atoms with van der Waals surface area (Å²) in [6.45, 7) is 1.21. The van der Waals surface area contributed by atoms with Crippen LogP contribution in [-0.2, 0) is 4.79 Å². The lowest BCUT2D eigenvalue weighted by Crippen LogP contribution is -2.32. The summed E-state index contributed by atoms with van der Waals surface area (Å²) in [6, 6.07) is 6.76. The monoisotopic (exact) mass is 196 g/mol. The minimum Gasteiger partial charge on any atom is -0.399 e. The van der Waals surface area contributed by atoms with Crippen molar-refractivity contribution in [2.24, 2.45) is 0 Å². The summed E-state index contributed by atoms with van der Waals surface area (Å²) in [5, 5.41) is 0. The van der Waals surface area contributed by atoms with E-state index in [1.165, 1.54) is 18.9 Å². The molecule has 0 aliphatic carbocycles.